The Morgan fingerprint density at radius 3 is 2.83 bits per heavy atom. The molecule has 2 rings (SSSR count). The van der Waals surface area contributed by atoms with Crippen LogP contribution in [0.15, 0.2) is 17.2 Å². The molecule has 0 bridgehead atoms. The summed E-state index contributed by atoms with van der Waals surface area (Å²) >= 11 is 0. The van der Waals surface area contributed by atoms with Crippen LogP contribution in [-0.2, 0) is 16.6 Å². The quantitative estimate of drug-likeness (QED) is 0.753. The summed E-state index contributed by atoms with van der Waals surface area (Å²) in [6.45, 7) is 2.52. The van der Waals surface area contributed by atoms with Crippen LogP contribution in [0.1, 0.15) is 31.9 Å². The molecule has 3 N–H and O–H groups in total. The van der Waals surface area contributed by atoms with E-state index in [0.29, 0.717) is 24.1 Å². The number of rotatable bonds is 5. The van der Waals surface area contributed by atoms with Crippen molar-refractivity contribution in [3.63, 3.8) is 0 Å². The number of aromatic nitrogens is 1. The Morgan fingerprint density at radius 2 is 2.28 bits per heavy atom. The number of sulfonamides is 1. The van der Waals surface area contributed by atoms with E-state index in [2.05, 4.69) is 16.6 Å². The normalized spacial score (nSPS) is 24.6. The highest BCUT2D eigenvalue weighted by Gasteiger charge is 2.23. The van der Waals surface area contributed by atoms with Crippen molar-refractivity contribution in [2.45, 2.75) is 37.7 Å². The molecule has 1 aromatic rings. The highest BCUT2D eigenvalue weighted by atomic mass is 32.2. The second kappa shape index (κ2) is 5.42. The zero-order chi connectivity index (χ0) is 13.2. The number of hydrogen-bond acceptors (Lipinski definition) is 3. The van der Waals surface area contributed by atoms with Gasteiger partial charge in [-0.05, 0) is 30.7 Å². The van der Waals surface area contributed by atoms with E-state index >= 15 is 0 Å². The van der Waals surface area contributed by atoms with Crippen LogP contribution < -0.4 is 4.72 Å². The van der Waals surface area contributed by atoms with Gasteiger partial charge in [0, 0.05) is 18.4 Å². The maximum absolute atomic E-state index is 12.0. The Labute approximate surface area is 108 Å². The van der Waals surface area contributed by atoms with E-state index in [1.165, 1.54) is 18.7 Å². The molecular formula is C12H20N2O3S. The van der Waals surface area contributed by atoms with E-state index in [1.807, 2.05) is 0 Å². The molecule has 1 aliphatic rings. The molecule has 1 aliphatic carbocycles. The lowest BCUT2D eigenvalue weighted by molar-refractivity contribution is 0.277. The summed E-state index contributed by atoms with van der Waals surface area (Å²) in [7, 11) is -3.45. The summed E-state index contributed by atoms with van der Waals surface area (Å²) < 4.78 is 26.6. The van der Waals surface area contributed by atoms with Crippen LogP contribution in [0.4, 0.5) is 0 Å². The smallest absolute Gasteiger partial charge is 0.242 e. The predicted molar refractivity (Wildman–Crippen MR) is 68.4 cm³/mol. The van der Waals surface area contributed by atoms with Crippen molar-refractivity contribution < 1.29 is 13.5 Å². The summed E-state index contributed by atoms with van der Waals surface area (Å²) in [4.78, 5) is 2.92. The molecule has 0 aliphatic heterocycles. The Kier molecular flexibility index (Phi) is 4.09. The molecule has 102 valence electrons. The van der Waals surface area contributed by atoms with Crippen LogP contribution in [0.5, 0.6) is 0 Å². The molecule has 0 aromatic carbocycles. The number of hydrogen-bond donors (Lipinski definition) is 3. The molecule has 2 unspecified atom stereocenters. The molecule has 0 saturated heterocycles. The topological polar surface area (TPSA) is 82.2 Å². The van der Waals surface area contributed by atoms with Crippen LogP contribution >= 0.6 is 0 Å². The highest BCUT2D eigenvalue weighted by molar-refractivity contribution is 7.89. The van der Waals surface area contributed by atoms with Crippen LogP contribution in [-0.4, -0.2) is 25.1 Å². The second-order valence-electron chi connectivity index (χ2n) is 5.15. The van der Waals surface area contributed by atoms with Gasteiger partial charge in [-0.15, -0.1) is 0 Å². The molecule has 18 heavy (non-hydrogen) atoms. The highest BCUT2D eigenvalue weighted by Crippen LogP contribution is 2.29. The minimum Gasteiger partial charge on any atom is -0.390 e. The first-order chi connectivity index (χ1) is 8.51. The minimum atomic E-state index is -3.45. The van der Waals surface area contributed by atoms with E-state index in [4.69, 9.17) is 5.11 Å². The van der Waals surface area contributed by atoms with Gasteiger partial charge in [-0.3, -0.25) is 0 Å². The van der Waals surface area contributed by atoms with E-state index in [0.717, 1.165) is 12.8 Å². The van der Waals surface area contributed by atoms with Crippen molar-refractivity contribution in [2.75, 3.05) is 6.54 Å². The van der Waals surface area contributed by atoms with Crippen LogP contribution in [0.25, 0.3) is 0 Å². The Balaban J connectivity index is 1.95. The predicted octanol–water partition coefficient (Wildman–Crippen LogP) is 1.22. The molecule has 1 heterocycles. The largest absolute Gasteiger partial charge is 0.390 e. The third kappa shape index (κ3) is 3.13. The Hall–Kier alpha value is -0.850. The van der Waals surface area contributed by atoms with E-state index in [9.17, 15) is 8.42 Å². The fourth-order valence-electron chi connectivity index (χ4n) is 2.49. The zero-order valence-electron chi connectivity index (χ0n) is 10.5. The van der Waals surface area contributed by atoms with Crippen molar-refractivity contribution in [1.82, 2.24) is 9.71 Å². The first-order valence-electron chi connectivity index (χ1n) is 6.29. The van der Waals surface area contributed by atoms with Crippen LogP contribution in [0, 0.1) is 11.8 Å². The molecule has 1 fully saturated rings. The minimum absolute atomic E-state index is 0.185. The lowest BCUT2D eigenvalue weighted by atomic mass is 10.1. The third-order valence-electron chi connectivity index (χ3n) is 3.56. The summed E-state index contributed by atoms with van der Waals surface area (Å²) in [5, 5.41) is 8.90. The number of nitrogens with one attached hydrogen (secondary N) is 2. The standard InChI is InChI=1S/C12H20N2O3S/c1-9-2-3-10(4-9)6-14-18(16,17)12-5-11(8-15)13-7-12/h5,7,9-10,13-15H,2-4,6,8H2,1H3. The number of aliphatic hydroxyl groups is 1. The van der Waals surface area contributed by atoms with E-state index in [1.54, 1.807) is 0 Å². The van der Waals surface area contributed by atoms with Crippen LogP contribution in [0.3, 0.4) is 0 Å². The van der Waals surface area contributed by atoms with Gasteiger partial charge in [-0.1, -0.05) is 13.3 Å². The summed E-state index contributed by atoms with van der Waals surface area (Å²) in [6.07, 6.45) is 4.78. The maximum Gasteiger partial charge on any atom is 0.242 e. The van der Waals surface area contributed by atoms with Crippen LogP contribution in [0.2, 0.25) is 0 Å². The number of H-pyrrole nitrogens is 1. The lowest BCUT2D eigenvalue weighted by Gasteiger charge is -2.10. The van der Waals surface area contributed by atoms with Crippen molar-refractivity contribution in [3.8, 4) is 0 Å². The average Bonchev–Trinajstić information content (AvgIpc) is 2.95. The molecule has 0 amide bonds. The molecule has 2 atom stereocenters. The first-order valence-corrected chi connectivity index (χ1v) is 7.77. The van der Waals surface area contributed by atoms with Gasteiger partial charge in [0.2, 0.25) is 10.0 Å². The average molecular weight is 272 g/mol. The molecule has 1 saturated carbocycles. The van der Waals surface area contributed by atoms with Gasteiger partial charge < -0.3 is 10.1 Å². The maximum atomic E-state index is 12.0. The van der Waals surface area contributed by atoms with Crippen molar-refractivity contribution in [2.24, 2.45) is 11.8 Å². The van der Waals surface area contributed by atoms with Crippen molar-refractivity contribution in [3.05, 3.63) is 18.0 Å². The fraction of sp³-hybridized carbons (Fsp3) is 0.667. The van der Waals surface area contributed by atoms with E-state index < -0.39 is 10.0 Å². The molecule has 0 spiro atoms. The number of aromatic amines is 1. The van der Waals surface area contributed by atoms with Gasteiger partial charge in [0.1, 0.15) is 0 Å². The van der Waals surface area contributed by atoms with Crippen molar-refractivity contribution in [1.29, 1.82) is 0 Å². The molecule has 5 nitrogen and oxygen atoms in total. The molecule has 6 heteroatoms. The first kappa shape index (κ1) is 13.6. The molecular weight excluding hydrogens is 252 g/mol. The van der Waals surface area contributed by atoms with Gasteiger partial charge in [0.25, 0.3) is 0 Å². The monoisotopic (exact) mass is 272 g/mol. The molecule has 1 aromatic heterocycles. The number of aliphatic hydroxyl groups excluding tert-OH is 1. The van der Waals surface area contributed by atoms with Gasteiger partial charge >= 0.3 is 0 Å². The fourth-order valence-corrected chi connectivity index (χ4v) is 3.62. The Bertz CT molecular complexity index is 495. The van der Waals surface area contributed by atoms with E-state index in [-0.39, 0.29) is 11.5 Å². The summed E-state index contributed by atoms with van der Waals surface area (Å²) in [6, 6.07) is 1.46. The SMILES string of the molecule is CC1CCC(CNS(=O)(=O)c2c[nH]c(CO)c2)C1. The Morgan fingerprint density at radius 1 is 1.50 bits per heavy atom. The van der Waals surface area contributed by atoms with Gasteiger partial charge in [-0.2, -0.15) is 0 Å². The summed E-state index contributed by atoms with van der Waals surface area (Å²) in [5.41, 5.74) is 0.505. The van der Waals surface area contributed by atoms with Gasteiger partial charge in [0.15, 0.2) is 0 Å². The van der Waals surface area contributed by atoms with Gasteiger partial charge in [-0.25, -0.2) is 13.1 Å². The van der Waals surface area contributed by atoms with Gasteiger partial charge in [0.05, 0.1) is 11.5 Å². The lowest BCUT2D eigenvalue weighted by Crippen LogP contribution is -2.28. The second-order valence-corrected chi connectivity index (χ2v) is 6.92. The summed E-state index contributed by atoms with van der Waals surface area (Å²) in [5.74, 6) is 1.15. The zero-order valence-corrected chi connectivity index (χ0v) is 11.3. The van der Waals surface area contributed by atoms with Crippen molar-refractivity contribution >= 4 is 10.0 Å². The molecule has 0 radical (unpaired) electrons. The third-order valence-corrected chi connectivity index (χ3v) is 4.97.